The van der Waals surface area contributed by atoms with E-state index in [0.29, 0.717) is 22.9 Å². The molecule has 5 heteroatoms. The standard InChI is InChI=1S/C20H21Cl2NO2/c1-25-17-9-5-15(6-10-17)19-3-2-12-23(19)20(24)11-7-14-4-8-16(21)13-18(14)22/h4-6,8-10,13,19H,2-3,7,11-12H2,1H3. The van der Waals surface area contributed by atoms with Crippen LogP contribution < -0.4 is 4.74 Å². The first-order valence-corrected chi connectivity index (χ1v) is 9.21. The summed E-state index contributed by atoms with van der Waals surface area (Å²) in [6.45, 7) is 0.809. The molecule has 3 rings (SSSR count). The van der Waals surface area contributed by atoms with E-state index in [1.165, 1.54) is 0 Å². The first-order valence-electron chi connectivity index (χ1n) is 8.46. The second-order valence-electron chi connectivity index (χ2n) is 6.25. The highest BCUT2D eigenvalue weighted by atomic mass is 35.5. The van der Waals surface area contributed by atoms with Crippen molar-refractivity contribution in [3.05, 3.63) is 63.6 Å². The molecule has 1 fully saturated rings. The smallest absolute Gasteiger partial charge is 0.223 e. The molecule has 1 aliphatic heterocycles. The van der Waals surface area contributed by atoms with Crippen molar-refractivity contribution in [1.29, 1.82) is 0 Å². The number of carbonyl (C=O) groups is 1. The maximum Gasteiger partial charge on any atom is 0.223 e. The summed E-state index contributed by atoms with van der Waals surface area (Å²) in [4.78, 5) is 14.7. The fourth-order valence-corrected chi connectivity index (χ4v) is 3.85. The molecule has 1 amide bonds. The summed E-state index contributed by atoms with van der Waals surface area (Å²) >= 11 is 12.1. The Hall–Kier alpha value is -1.71. The van der Waals surface area contributed by atoms with Crippen LogP contribution in [-0.4, -0.2) is 24.5 Å². The number of hydrogen-bond acceptors (Lipinski definition) is 2. The lowest BCUT2D eigenvalue weighted by atomic mass is 10.0. The van der Waals surface area contributed by atoms with Gasteiger partial charge in [0.15, 0.2) is 0 Å². The SMILES string of the molecule is COc1ccc(C2CCCN2C(=O)CCc2ccc(Cl)cc2Cl)cc1. The molecule has 2 aromatic rings. The Morgan fingerprint density at radius 3 is 2.64 bits per heavy atom. The lowest BCUT2D eigenvalue weighted by molar-refractivity contribution is -0.132. The van der Waals surface area contributed by atoms with Crippen molar-refractivity contribution in [2.75, 3.05) is 13.7 Å². The fraction of sp³-hybridized carbons (Fsp3) is 0.350. The molecular formula is C20H21Cl2NO2. The van der Waals surface area contributed by atoms with E-state index in [4.69, 9.17) is 27.9 Å². The van der Waals surface area contributed by atoms with Gasteiger partial charge >= 0.3 is 0 Å². The average molecular weight is 378 g/mol. The third kappa shape index (κ3) is 4.28. The molecular weight excluding hydrogens is 357 g/mol. The van der Waals surface area contributed by atoms with Gasteiger partial charge in [-0.1, -0.05) is 41.4 Å². The van der Waals surface area contributed by atoms with Gasteiger partial charge in [0, 0.05) is 23.0 Å². The lowest BCUT2D eigenvalue weighted by Crippen LogP contribution is -2.30. The second-order valence-corrected chi connectivity index (χ2v) is 7.10. The highest BCUT2D eigenvalue weighted by molar-refractivity contribution is 6.35. The van der Waals surface area contributed by atoms with Gasteiger partial charge in [0.25, 0.3) is 0 Å². The molecule has 0 aromatic heterocycles. The van der Waals surface area contributed by atoms with Gasteiger partial charge in [0.05, 0.1) is 13.2 Å². The maximum absolute atomic E-state index is 12.7. The number of likely N-dealkylation sites (tertiary alicyclic amines) is 1. The van der Waals surface area contributed by atoms with Gasteiger partial charge in [0.2, 0.25) is 5.91 Å². The van der Waals surface area contributed by atoms with Gasteiger partial charge in [-0.15, -0.1) is 0 Å². The van der Waals surface area contributed by atoms with Crippen LogP contribution in [-0.2, 0) is 11.2 Å². The minimum atomic E-state index is 0.152. The molecule has 132 valence electrons. The quantitative estimate of drug-likeness (QED) is 0.707. The lowest BCUT2D eigenvalue weighted by Gasteiger charge is -2.25. The number of methoxy groups -OCH3 is 1. The molecule has 25 heavy (non-hydrogen) atoms. The van der Waals surface area contributed by atoms with Crippen LogP contribution >= 0.6 is 23.2 Å². The molecule has 1 heterocycles. The third-order valence-electron chi connectivity index (χ3n) is 4.70. The van der Waals surface area contributed by atoms with E-state index in [9.17, 15) is 4.79 Å². The molecule has 2 aromatic carbocycles. The van der Waals surface area contributed by atoms with E-state index >= 15 is 0 Å². The van der Waals surface area contributed by atoms with Crippen molar-refractivity contribution in [2.45, 2.75) is 31.7 Å². The molecule has 3 nitrogen and oxygen atoms in total. The molecule has 0 spiro atoms. The van der Waals surface area contributed by atoms with Gasteiger partial charge in [-0.05, 0) is 54.7 Å². The predicted octanol–water partition coefficient (Wildman–Crippen LogP) is 5.30. The molecule has 0 bridgehead atoms. The van der Waals surface area contributed by atoms with Crippen LogP contribution in [0.25, 0.3) is 0 Å². The van der Waals surface area contributed by atoms with Crippen LogP contribution in [0.2, 0.25) is 10.0 Å². The molecule has 0 saturated carbocycles. The number of amides is 1. The van der Waals surface area contributed by atoms with Crippen LogP contribution in [0.3, 0.4) is 0 Å². The Labute approximate surface area is 158 Å². The van der Waals surface area contributed by atoms with E-state index in [-0.39, 0.29) is 11.9 Å². The van der Waals surface area contributed by atoms with E-state index < -0.39 is 0 Å². The number of ether oxygens (including phenoxy) is 1. The Morgan fingerprint density at radius 2 is 1.96 bits per heavy atom. The van der Waals surface area contributed by atoms with E-state index in [1.54, 1.807) is 13.2 Å². The Morgan fingerprint density at radius 1 is 1.20 bits per heavy atom. The number of carbonyl (C=O) groups excluding carboxylic acids is 1. The molecule has 0 N–H and O–H groups in total. The number of rotatable bonds is 5. The van der Waals surface area contributed by atoms with Crippen LogP contribution in [0.4, 0.5) is 0 Å². The minimum absolute atomic E-state index is 0.152. The van der Waals surface area contributed by atoms with Crippen molar-refractivity contribution in [1.82, 2.24) is 4.90 Å². The first kappa shape index (κ1) is 18.1. The zero-order valence-corrected chi connectivity index (χ0v) is 15.7. The second kappa shape index (κ2) is 8.11. The van der Waals surface area contributed by atoms with Crippen LogP contribution in [0.5, 0.6) is 5.75 Å². The normalized spacial score (nSPS) is 16.9. The van der Waals surface area contributed by atoms with E-state index in [1.807, 2.05) is 41.3 Å². The summed E-state index contributed by atoms with van der Waals surface area (Å²) in [7, 11) is 1.66. The number of hydrogen-bond donors (Lipinski definition) is 0. The van der Waals surface area contributed by atoms with Crippen LogP contribution in [0.15, 0.2) is 42.5 Å². The van der Waals surface area contributed by atoms with Crippen molar-refractivity contribution in [3.8, 4) is 5.75 Å². The van der Waals surface area contributed by atoms with Crippen molar-refractivity contribution < 1.29 is 9.53 Å². The van der Waals surface area contributed by atoms with E-state index in [2.05, 4.69) is 0 Å². The zero-order chi connectivity index (χ0) is 17.8. The topological polar surface area (TPSA) is 29.5 Å². The molecule has 1 atom stereocenters. The number of benzene rings is 2. The van der Waals surface area contributed by atoms with Crippen molar-refractivity contribution >= 4 is 29.1 Å². The van der Waals surface area contributed by atoms with Gasteiger partial charge in [-0.2, -0.15) is 0 Å². The van der Waals surface area contributed by atoms with Gasteiger partial charge < -0.3 is 9.64 Å². The monoisotopic (exact) mass is 377 g/mol. The highest BCUT2D eigenvalue weighted by Crippen LogP contribution is 2.33. The van der Waals surface area contributed by atoms with Gasteiger partial charge in [-0.25, -0.2) is 0 Å². The predicted molar refractivity (Wildman–Crippen MR) is 101 cm³/mol. The summed E-state index contributed by atoms with van der Waals surface area (Å²) in [5.41, 5.74) is 2.12. The fourth-order valence-electron chi connectivity index (χ4n) is 3.35. The maximum atomic E-state index is 12.7. The number of halogens is 2. The summed E-state index contributed by atoms with van der Waals surface area (Å²) in [6, 6.07) is 13.6. The Kier molecular flexibility index (Phi) is 5.87. The average Bonchev–Trinajstić information content (AvgIpc) is 3.10. The minimum Gasteiger partial charge on any atom is -0.497 e. The number of nitrogens with zero attached hydrogens (tertiary/aromatic N) is 1. The molecule has 1 saturated heterocycles. The number of aryl methyl sites for hydroxylation is 1. The largest absolute Gasteiger partial charge is 0.497 e. The first-order chi connectivity index (χ1) is 12.1. The Balaban J connectivity index is 1.65. The zero-order valence-electron chi connectivity index (χ0n) is 14.2. The molecule has 1 unspecified atom stereocenters. The van der Waals surface area contributed by atoms with Gasteiger partial charge in [-0.3, -0.25) is 4.79 Å². The van der Waals surface area contributed by atoms with E-state index in [0.717, 1.165) is 36.3 Å². The molecule has 0 aliphatic carbocycles. The van der Waals surface area contributed by atoms with Gasteiger partial charge in [0.1, 0.15) is 5.75 Å². The third-order valence-corrected chi connectivity index (χ3v) is 5.28. The summed E-state index contributed by atoms with van der Waals surface area (Å²) in [5.74, 6) is 1.00. The van der Waals surface area contributed by atoms with Crippen molar-refractivity contribution in [3.63, 3.8) is 0 Å². The van der Waals surface area contributed by atoms with Crippen LogP contribution in [0.1, 0.15) is 36.4 Å². The molecule has 1 aliphatic rings. The Bertz CT molecular complexity index is 746. The summed E-state index contributed by atoms with van der Waals surface area (Å²) in [6.07, 6.45) is 3.11. The molecule has 0 radical (unpaired) electrons. The highest BCUT2D eigenvalue weighted by Gasteiger charge is 2.29. The summed E-state index contributed by atoms with van der Waals surface area (Å²) < 4.78 is 5.21. The summed E-state index contributed by atoms with van der Waals surface area (Å²) in [5, 5.41) is 1.23. The van der Waals surface area contributed by atoms with Crippen LogP contribution in [0, 0.1) is 0 Å². The van der Waals surface area contributed by atoms with Crippen molar-refractivity contribution in [2.24, 2.45) is 0 Å².